The highest BCUT2D eigenvalue weighted by Gasteiger charge is 2.10. The predicted molar refractivity (Wildman–Crippen MR) is 65.4 cm³/mol. The van der Waals surface area contributed by atoms with Crippen molar-refractivity contribution >= 4 is 11.3 Å². The fourth-order valence-corrected chi connectivity index (χ4v) is 2.44. The molecule has 0 saturated heterocycles. The Hall–Kier alpha value is -1.26. The Labute approximate surface area is 98.8 Å². The van der Waals surface area contributed by atoms with Gasteiger partial charge in [-0.1, -0.05) is 6.92 Å². The van der Waals surface area contributed by atoms with E-state index in [0.717, 1.165) is 21.9 Å². The van der Waals surface area contributed by atoms with E-state index < -0.39 is 6.10 Å². The van der Waals surface area contributed by atoms with Gasteiger partial charge in [0, 0.05) is 24.2 Å². The van der Waals surface area contributed by atoms with Crippen LogP contribution in [-0.4, -0.2) is 15.1 Å². The normalized spacial score (nSPS) is 12.7. The number of nitrogens with zero attached hydrogens (tertiary/aromatic N) is 2. The van der Waals surface area contributed by atoms with Gasteiger partial charge in [0.1, 0.15) is 5.01 Å². The van der Waals surface area contributed by atoms with Crippen molar-refractivity contribution in [2.75, 3.05) is 0 Å². The van der Waals surface area contributed by atoms with Gasteiger partial charge in [0.2, 0.25) is 0 Å². The quantitative estimate of drug-likeness (QED) is 0.888. The molecule has 1 unspecified atom stereocenters. The van der Waals surface area contributed by atoms with Crippen LogP contribution in [0.5, 0.6) is 0 Å². The SMILES string of the molecule is CCc1cnccc1-c1ncc(C(C)O)s1. The minimum atomic E-state index is -0.446. The average molecular weight is 234 g/mol. The van der Waals surface area contributed by atoms with E-state index in [1.165, 1.54) is 16.9 Å². The monoisotopic (exact) mass is 234 g/mol. The third-order valence-electron chi connectivity index (χ3n) is 2.45. The molecule has 84 valence electrons. The largest absolute Gasteiger partial charge is 0.388 e. The smallest absolute Gasteiger partial charge is 0.124 e. The molecule has 16 heavy (non-hydrogen) atoms. The molecule has 1 atom stereocenters. The lowest BCUT2D eigenvalue weighted by Gasteiger charge is -2.02. The maximum Gasteiger partial charge on any atom is 0.124 e. The second-order valence-electron chi connectivity index (χ2n) is 3.63. The molecule has 0 aromatic carbocycles. The van der Waals surface area contributed by atoms with E-state index in [1.807, 2.05) is 12.3 Å². The summed E-state index contributed by atoms with van der Waals surface area (Å²) in [6.07, 6.45) is 5.88. The molecule has 2 aromatic rings. The molecule has 2 aromatic heterocycles. The third-order valence-corrected chi connectivity index (χ3v) is 3.65. The van der Waals surface area contributed by atoms with Gasteiger partial charge in [-0.3, -0.25) is 4.98 Å². The first-order chi connectivity index (χ1) is 7.72. The van der Waals surface area contributed by atoms with Crippen LogP contribution in [0, 0.1) is 0 Å². The summed E-state index contributed by atoms with van der Waals surface area (Å²) in [5, 5.41) is 10.4. The molecule has 0 fully saturated rings. The standard InChI is InChI=1S/C12H14N2OS/c1-3-9-6-13-5-4-10(9)12-14-7-11(16-12)8(2)15/h4-8,15H,3H2,1-2H3. The van der Waals surface area contributed by atoms with Crippen LogP contribution in [0.1, 0.15) is 30.4 Å². The summed E-state index contributed by atoms with van der Waals surface area (Å²) >= 11 is 1.53. The number of aromatic nitrogens is 2. The van der Waals surface area contributed by atoms with Crippen molar-refractivity contribution in [1.29, 1.82) is 0 Å². The van der Waals surface area contributed by atoms with Gasteiger partial charge in [-0.25, -0.2) is 4.98 Å². The first-order valence-corrected chi connectivity index (χ1v) is 6.11. The molecule has 3 nitrogen and oxygen atoms in total. The van der Waals surface area contributed by atoms with Crippen molar-refractivity contribution in [2.24, 2.45) is 0 Å². The molecule has 0 amide bonds. The van der Waals surface area contributed by atoms with Gasteiger partial charge < -0.3 is 5.11 Å². The van der Waals surface area contributed by atoms with Gasteiger partial charge in [0.05, 0.1) is 11.0 Å². The van der Waals surface area contributed by atoms with E-state index >= 15 is 0 Å². The molecule has 0 spiro atoms. The summed E-state index contributed by atoms with van der Waals surface area (Å²) in [5.74, 6) is 0. The van der Waals surface area contributed by atoms with Gasteiger partial charge in [-0.2, -0.15) is 0 Å². The van der Waals surface area contributed by atoms with Gasteiger partial charge in [0.25, 0.3) is 0 Å². The minimum Gasteiger partial charge on any atom is -0.388 e. The Bertz CT molecular complexity index is 479. The molecule has 0 bridgehead atoms. The highest BCUT2D eigenvalue weighted by atomic mass is 32.1. The highest BCUT2D eigenvalue weighted by Crippen LogP contribution is 2.30. The number of aliphatic hydroxyl groups excluding tert-OH is 1. The van der Waals surface area contributed by atoms with E-state index in [0.29, 0.717) is 0 Å². The van der Waals surface area contributed by atoms with Crippen molar-refractivity contribution in [3.63, 3.8) is 0 Å². The predicted octanol–water partition coefficient (Wildman–Crippen LogP) is 2.82. The Morgan fingerprint density at radius 1 is 1.44 bits per heavy atom. The van der Waals surface area contributed by atoms with Crippen LogP contribution in [0.25, 0.3) is 10.6 Å². The van der Waals surface area contributed by atoms with Crippen molar-refractivity contribution in [3.8, 4) is 10.6 Å². The Balaban J connectivity index is 2.42. The maximum atomic E-state index is 9.47. The second-order valence-corrected chi connectivity index (χ2v) is 4.69. The molecular formula is C12H14N2OS. The zero-order valence-electron chi connectivity index (χ0n) is 9.34. The van der Waals surface area contributed by atoms with Crippen LogP contribution >= 0.6 is 11.3 Å². The molecule has 0 aliphatic heterocycles. The van der Waals surface area contributed by atoms with Crippen molar-refractivity contribution in [2.45, 2.75) is 26.4 Å². The Morgan fingerprint density at radius 2 is 2.25 bits per heavy atom. The van der Waals surface area contributed by atoms with Crippen LogP contribution in [0.15, 0.2) is 24.7 Å². The summed E-state index contributed by atoms with van der Waals surface area (Å²) in [6.45, 7) is 3.86. The average Bonchev–Trinajstić information content (AvgIpc) is 2.78. The zero-order valence-corrected chi connectivity index (χ0v) is 10.2. The van der Waals surface area contributed by atoms with E-state index in [4.69, 9.17) is 0 Å². The van der Waals surface area contributed by atoms with Gasteiger partial charge in [0.15, 0.2) is 0 Å². The second kappa shape index (κ2) is 4.72. The molecule has 0 aliphatic rings. The first-order valence-electron chi connectivity index (χ1n) is 5.29. The van der Waals surface area contributed by atoms with Gasteiger partial charge in [-0.05, 0) is 25.0 Å². The lowest BCUT2D eigenvalue weighted by Crippen LogP contribution is -1.87. The number of pyridine rings is 1. The molecule has 0 radical (unpaired) electrons. The number of hydrogen-bond donors (Lipinski definition) is 1. The number of aryl methyl sites for hydroxylation is 1. The summed E-state index contributed by atoms with van der Waals surface area (Å²) in [6, 6.07) is 1.98. The first kappa shape index (κ1) is 11.2. The molecule has 1 N–H and O–H groups in total. The van der Waals surface area contributed by atoms with Crippen LogP contribution in [0.2, 0.25) is 0 Å². The lowest BCUT2D eigenvalue weighted by atomic mass is 10.1. The Morgan fingerprint density at radius 3 is 2.88 bits per heavy atom. The molecule has 4 heteroatoms. The molecule has 0 saturated carbocycles. The van der Waals surface area contributed by atoms with E-state index in [9.17, 15) is 5.11 Å². The van der Waals surface area contributed by atoms with Crippen LogP contribution < -0.4 is 0 Å². The summed E-state index contributed by atoms with van der Waals surface area (Å²) in [7, 11) is 0. The number of aliphatic hydroxyl groups is 1. The summed E-state index contributed by atoms with van der Waals surface area (Å²) < 4.78 is 0. The van der Waals surface area contributed by atoms with Crippen molar-refractivity contribution in [1.82, 2.24) is 9.97 Å². The van der Waals surface area contributed by atoms with Crippen molar-refractivity contribution < 1.29 is 5.11 Å². The molecular weight excluding hydrogens is 220 g/mol. The Kier molecular flexibility index (Phi) is 3.31. The fourth-order valence-electron chi connectivity index (χ4n) is 1.52. The third kappa shape index (κ3) is 2.13. The van der Waals surface area contributed by atoms with Crippen molar-refractivity contribution in [3.05, 3.63) is 35.1 Å². The topological polar surface area (TPSA) is 46.0 Å². The molecule has 2 heterocycles. The van der Waals surface area contributed by atoms with Gasteiger partial charge >= 0.3 is 0 Å². The fraction of sp³-hybridized carbons (Fsp3) is 0.333. The van der Waals surface area contributed by atoms with Crippen LogP contribution in [0.3, 0.4) is 0 Å². The number of rotatable bonds is 3. The minimum absolute atomic E-state index is 0.446. The number of hydrogen-bond acceptors (Lipinski definition) is 4. The maximum absolute atomic E-state index is 9.47. The summed E-state index contributed by atoms with van der Waals surface area (Å²) in [5.41, 5.74) is 2.31. The summed E-state index contributed by atoms with van der Waals surface area (Å²) in [4.78, 5) is 9.36. The van der Waals surface area contributed by atoms with E-state index in [1.54, 1.807) is 19.3 Å². The molecule has 0 aliphatic carbocycles. The highest BCUT2D eigenvalue weighted by molar-refractivity contribution is 7.15. The van der Waals surface area contributed by atoms with E-state index in [-0.39, 0.29) is 0 Å². The lowest BCUT2D eigenvalue weighted by molar-refractivity contribution is 0.203. The van der Waals surface area contributed by atoms with Crippen LogP contribution in [-0.2, 0) is 6.42 Å². The zero-order chi connectivity index (χ0) is 11.5. The van der Waals surface area contributed by atoms with E-state index in [2.05, 4.69) is 16.9 Å². The van der Waals surface area contributed by atoms with Gasteiger partial charge in [-0.15, -0.1) is 11.3 Å². The molecule has 2 rings (SSSR count). The number of thiazole rings is 1. The van der Waals surface area contributed by atoms with Crippen LogP contribution in [0.4, 0.5) is 0 Å².